The Hall–Kier alpha value is -2.92. The highest BCUT2D eigenvalue weighted by atomic mass is 16.5. The van der Waals surface area contributed by atoms with Crippen molar-refractivity contribution in [1.29, 1.82) is 0 Å². The molecule has 144 valence electrons. The maximum absolute atomic E-state index is 12.9. The summed E-state index contributed by atoms with van der Waals surface area (Å²) in [6.45, 7) is 4.67. The van der Waals surface area contributed by atoms with E-state index >= 15 is 0 Å². The number of fused-ring (bicyclic) bond motifs is 1. The van der Waals surface area contributed by atoms with Crippen LogP contribution < -0.4 is 10.1 Å². The molecule has 5 nitrogen and oxygen atoms in total. The third-order valence-corrected chi connectivity index (χ3v) is 5.32. The van der Waals surface area contributed by atoms with Gasteiger partial charge in [0.15, 0.2) is 0 Å². The summed E-state index contributed by atoms with van der Waals surface area (Å²) in [5, 5.41) is 4.13. The van der Waals surface area contributed by atoms with Crippen LogP contribution in [-0.4, -0.2) is 42.0 Å². The van der Waals surface area contributed by atoms with Crippen molar-refractivity contribution in [2.24, 2.45) is 0 Å². The molecule has 0 spiro atoms. The van der Waals surface area contributed by atoms with Crippen molar-refractivity contribution >= 4 is 16.8 Å². The number of amides is 1. The monoisotopic (exact) mass is 375 g/mol. The average molecular weight is 375 g/mol. The number of methoxy groups -OCH3 is 1. The molecule has 2 aromatic carbocycles. The molecule has 0 radical (unpaired) electrons. The Morgan fingerprint density at radius 3 is 2.82 bits per heavy atom. The highest BCUT2D eigenvalue weighted by molar-refractivity contribution is 5.99. The number of aromatic nitrogens is 1. The van der Waals surface area contributed by atoms with Crippen LogP contribution in [0.2, 0.25) is 0 Å². The minimum Gasteiger partial charge on any atom is -0.497 e. The lowest BCUT2D eigenvalue weighted by Crippen LogP contribution is -2.37. The van der Waals surface area contributed by atoms with E-state index in [4.69, 9.17) is 4.74 Å². The maximum Gasteiger partial charge on any atom is 0.253 e. The van der Waals surface area contributed by atoms with Crippen LogP contribution in [0.3, 0.4) is 0 Å². The topological polar surface area (TPSA) is 54.5 Å². The number of carbonyl (C=O) groups is 1. The van der Waals surface area contributed by atoms with Gasteiger partial charge in [-0.05, 0) is 37.1 Å². The molecule has 1 atom stereocenters. The Balaban J connectivity index is 1.43. The fourth-order valence-corrected chi connectivity index (χ4v) is 3.80. The molecule has 1 amide bonds. The molecule has 2 heterocycles. The van der Waals surface area contributed by atoms with Gasteiger partial charge in [0.05, 0.1) is 23.9 Å². The summed E-state index contributed by atoms with van der Waals surface area (Å²) in [5.74, 6) is 0.718. The Morgan fingerprint density at radius 2 is 2.04 bits per heavy atom. The molecule has 4 rings (SSSR count). The molecule has 0 saturated carbocycles. The number of rotatable bonds is 5. The quantitative estimate of drug-likeness (QED) is 0.741. The molecule has 0 bridgehead atoms. The molecule has 1 aliphatic heterocycles. The van der Waals surface area contributed by atoms with Gasteiger partial charge < -0.3 is 10.1 Å². The van der Waals surface area contributed by atoms with Gasteiger partial charge in [0, 0.05) is 37.1 Å². The summed E-state index contributed by atoms with van der Waals surface area (Å²) in [5.41, 5.74) is 3.51. The van der Waals surface area contributed by atoms with Crippen molar-refractivity contribution in [2.75, 3.05) is 20.2 Å². The van der Waals surface area contributed by atoms with Crippen molar-refractivity contribution in [3.05, 3.63) is 71.4 Å². The lowest BCUT2D eigenvalue weighted by atomic mass is 10.1. The largest absolute Gasteiger partial charge is 0.497 e. The molecule has 1 N–H and O–H groups in total. The summed E-state index contributed by atoms with van der Waals surface area (Å²) in [6, 6.07) is 18.3. The fourth-order valence-electron chi connectivity index (χ4n) is 3.80. The molecular weight excluding hydrogens is 350 g/mol. The Labute approximate surface area is 165 Å². The van der Waals surface area contributed by atoms with Crippen molar-refractivity contribution in [1.82, 2.24) is 15.2 Å². The SMILES string of the molecule is COc1ccc2cc(C(=O)NC3CCN(Cc4ccccc4)C3)c(C)nc2c1. The van der Waals surface area contributed by atoms with Gasteiger partial charge in [-0.15, -0.1) is 0 Å². The van der Waals surface area contributed by atoms with Crippen LogP contribution in [-0.2, 0) is 6.54 Å². The van der Waals surface area contributed by atoms with Crippen LogP contribution in [0.4, 0.5) is 0 Å². The molecule has 1 aliphatic rings. The number of nitrogens with zero attached hydrogens (tertiary/aromatic N) is 2. The summed E-state index contributed by atoms with van der Waals surface area (Å²) >= 11 is 0. The van der Waals surface area contributed by atoms with E-state index in [1.54, 1.807) is 7.11 Å². The van der Waals surface area contributed by atoms with Crippen molar-refractivity contribution in [3.8, 4) is 5.75 Å². The van der Waals surface area contributed by atoms with Gasteiger partial charge in [-0.3, -0.25) is 14.7 Å². The number of aryl methyl sites for hydroxylation is 1. The third-order valence-electron chi connectivity index (χ3n) is 5.32. The van der Waals surface area contributed by atoms with Gasteiger partial charge in [-0.1, -0.05) is 30.3 Å². The number of hydrogen-bond donors (Lipinski definition) is 1. The highest BCUT2D eigenvalue weighted by Crippen LogP contribution is 2.22. The molecule has 0 aliphatic carbocycles. The fraction of sp³-hybridized carbons (Fsp3) is 0.304. The Kier molecular flexibility index (Phi) is 5.26. The summed E-state index contributed by atoms with van der Waals surface area (Å²) in [4.78, 5) is 19.8. The number of likely N-dealkylation sites (tertiary alicyclic amines) is 1. The van der Waals surface area contributed by atoms with Crippen LogP contribution >= 0.6 is 0 Å². The molecule has 3 aromatic rings. The van der Waals surface area contributed by atoms with E-state index in [1.807, 2.05) is 37.3 Å². The maximum atomic E-state index is 12.9. The molecule has 5 heteroatoms. The van der Waals surface area contributed by atoms with E-state index in [0.717, 1.165) is 48.4 Å². The van der Waals surface area contributed by atoms with Gasteiger partial charge in [-0.25, -0.2) is 0 Å². The predicted molar refractivity (Wildman–Crippen MR) is 111 cm³/mol. The van der Waals surface area contributed by atoms with E-state index in [1.165, 1.54) is 5.56 Å². The summed E-state index contributed by atoms with van der Waals surface area (Å²) in [6.07, 6.45) is 0.968. The summed E-state index contributed by atoms with van der Waals surface area (Å²) in [7, 11) is 1.64. The van der Waals surface area contributed by atoms with Crippen LogP contribution in [0.25, 0.3) is 10.9 Å². The number of nitrogens with one attached hydrogen (secondary N) is 1. The smallest absolute Gasteiger partial charge is 0.253 e. The lowest BCUT2D eigenvalue weighted by molar-refractivity contribution is 0.0937. The summed E-state index contributed by atoms with van der Waals surface area (Å²) < 4.78 is 5.26. The third kappa shape index (κ3) is 3.99. The van der Waals surface area contributed by atoms with Crippen molar-refractivity contribution in [2.45, 2.75) is 25.9 Å². The van der Waals surface area contributed by atoms with Gasteiger partial charge in [0.2, 0.25) is 0 Å². The molecular formula is C23H25N3O2. The minimum atomic E-state index is -0.0470. The molecule has 1 fully saturated rings. The minimum absolute atomic E-state index is 0.0470. The first-order valence-corrected chi connectivity index (χ1v) is 9.65. The van der Waals surface area contributed by atoms with Crippen LogP contribution in [0.15, 0.2) is 54.6 Å². The van der Waals surface area contributed by atoms with Crippen LogP contribution in [0.5, 0.6) is 5.75 Å². The number of hydrogen-bond acceptors (Lipinski definition) is 4. The second-order valence-corrected chi connectivity index (χ2v) is 7.36. The Bertz CT molecular complexity index is 988. The zero-order chi connectivity index (χ0) is 19.5. The first kappa shape index (κ1) is 18.4. The standard InChI is InChI=1S/C23H25N3O2/c1-16-21(12-18-8-9-20(28-2)13-22(18)24-16)23(27)25-19-10-11-26(15-19)14-17-6-4-3-5-7-17/h3-9,12-13,19H,10-11,14-15H2,1-2H3,(H,25,27). The van der Waals surface area contributed by atoms with E-state index < -0.39 is 0 Å². The second-order valence-electron chi connectivity index (χ2n) is 7.36. The number of pyridine rings is 1. The number of ether oxygens (including phenoxy) is 1. The molecule has 28 heavy (non-hydrogen) atoms. The van der Waals surface area contributed by atoms with Gasteiger partial charge in [0.1, 0.15) is 5.75 Å². The van der Waals surface area contributed by atoms with Gasteiger partial charge in [-0.2, -0.15) is 0 Å². The second kappa shape index (κ2) is 7.98. The molecule has 1 aromatic heterocycles. The van der Waals surface area contributed by atoms with E-state index in [-0.39, 0.29) is 11.9 Å². The van der Waals surface area contributed by atoms with E-state index in [9.17, 15) is 4.79 Å². The Morgan fingerprint density at radius 1 is 1.21 bits per heavy atom. The number of benzene rings is 2. The van der Waals surface area contributed by atoms with Gasteiger partial charge in [0.25, 0.3) is 5.91 Å². The zero-order valence-corrected chi connectivity index (χ0v) is 16.3. The van der Waals surface area contributed by atoms with Crippen LogP contribution in [0.1, 0.15) is 28.0 Å². The average Bonchev–Trinajstić information content (AvgIpc) is 3.14. The van der Waals surface area contributed by atoms with E-state index in [2.05, 4.69) is 39.5 Å². The van der Waals surface area contributed by atoms with Crippen LogP contribution in [0, 0.1) is 6.92 Å². The molecule has 1 saturated heterocycles. The number of carbonyl (C=O) groups excluding carboxylic acids is 1. The first-order chi connectivity index (χ1) is 13.6. The molecule has 1 unspecified atom stereocenters. The van der Waals surface area contributed by atoms with Gasteiger partial charge >= 0.3 is 0 Å². The normalized spacial score (nSPS) is 17.0. The highest BCUT2D eigenvalue weighted by Gasteiger charge is 2.25. The first-order valence-electron chi connectivity index (χ1n) is 9.65. The zero-order valence-electron chi connectivity index (χ0n) is 16.3. The van der Waals surface area contributed by atoms with Crippen molar-refractivity contribution < 1.29 is 9.53 Å². The predicted octanol–water partition coefficient (Wildman–Crippen LogP) is 3.56. The lowest BCUT2D eigenvalue weighted by Gasteiger charge is -2.17. The van der Waals surface area contributed by atoms with E-state index in [0.29, 0.717) is 5.56 Å². The van der Waals surface area contributed by atoms with Crippen molar-refractivity contribution in [3.63, 3.8) is 0 Å².